The molecule has 0 heterocycles. The molecule has 2 aromatic rings. The zero-order valence-corrected chi connectivity index (χ0v) is 13.6. The van der Waals surface area contributed by atoms with E-state index in [2.05, 4.69) is 16.0 Å². The Kier molecular flexibility index (Phi) is 4.83. The number of carbonyl (C=O) groups is 2. The summed E-state index contributed by atoms with van der Waals surface area (Å²) in [4.78, 5) is 23.8. The summed E-state index contributed by atoms with van der Waals surface area (Å²) in [5.41, 5.74) is -0.458. The number of halogens is 3. The average Bonchev–Trinajstić information content (AvgIpc) is 3.39. The van der Waals surface area contributed by atoms with Crippen molar-refractivity contribution in [3.8, 4) is 0 Å². The maximum absolute atomic E-state index is 12.9. The minimum atomic E-state index is -4.57. The van der Waals surface area contributed by atoms with E-state index in [1.807, 2.05) is 0 Å². The molecule has 1 fully saturated rings. The van der Waals surface area contributed by atoms with Crippen molar-refractivity contribution in [1.29, 1.82) is 0 Å². The third-order valence-electron chi connectivity index (χ3n) is 3.80. The molecule has 0 spiro atoms. The van der Waals surface area contributed by atoms with Crippen LogP contribution in [0.2, 0.25) is 0 Å². The molecule has 0 bridgehead atoms. The standard InChI is InChI=1S/C18H16F3N3O2/c19-18(20,21)14-3-1-2-4-15(14)24-17(26)23-13-7-5-11(6-8-13)16(25)22-12-9-10-12/h1-8,12H,9-10H2,(H,22,25)(H2,23,24,26). The lowest BCUT2D eigenvalue weighted by molar-refractivity contribution is -0.136. The summed E-state index contributed by atoms with van der Waals surface area (Å²) in [7, 11) is 0. The third-order valence-corrected chi connectivity index (χ3v) is 3.80. The molecule has 3 N–H and O–H groups in total. The van der Waals surface area contributed by atoms with Gasteiger partial charge in [0.05, 0.1) is 11.3 Å². The molecule has 0 atom stereocenters. The second-order valence-corrected chi connectivity index (χ2v) is 5.95. The van der Waals surface area contributed by atoms with Gasteiger partial charge in [-0.1, -0.05) is 12.1 Å². The lowest BCUT2D eigenvalue weighted by Gasteiger charge is -2.14. The van der Waals surface area contributed by atoms with Crippen LogP contribution in [0.15, 0.2) is 48.5 Å². The highest BCUT2D eigenvalue weighted by Crippen LogP contribution is 2.34. The minimum absolute atomic E-state index is 0.192. The van der Waals surface area contributed by atoms with E-state index in [-0.39, 0.29) is 17.6 Å². The van der Waals surface area contributed by atoms with E-state index in [9.17, 15) is 22.8 Å². The number of amides is 3. The van der Waals surface area contributed by atoms with Crippen molar-refractivity contribution in [2.45, 2.75) is 25.1 Å². The maximum Gasteiger partial charge on any atom is 0.418 e. The van der Waals surface area contributed by atoms with Crippen LogP contribution in [-0.4, -0.2) is 18.0 Å². The highest BCUT2D eigenvalue weighted by Gasteiger charge is 2.33. The summed E-state index contributed by atoms with van der Waals surface area (Å²) < 4.78 is 38.8. The highest BCUT2D eigenvalue weighted by atomic mass is 19.4. The fourth-order valence-corrected chi connectivity index (χ4v) is 2.33. The smallest absolute Gasteiger partial charge is 0.349 e. The number of rotatable bonds is 4. The number of nitrogens with one attached hydrogen (secondary N) is 3. The summed E-state index contributed by atoms with van der Waals surface area (Å²) >= 11 is 0. The van der Waals surface area contributed by atoms with Crippen LogP contribution >= 0.6 is 0 Å². The number of anilines is 2. The number of urea groups is 1. The molecule has 3 amide bonds. The Morgan fingerprint density at radius 2 is 1.58 bits per heavy atom. The summed E-state index contributed by atoms with van der Waals surface area (Å²) in [6.07, 6.45) is -2.61. The summed E-state index contributed by atoms with van der Waals surface area (Å²) in [6, 6.07) is 10.2. The molecule has 0 aliphatic heterocycles. The molecule has 0 radical (unpaired) electrons. The molecule has 1 saturated carbocycles. The number of hydrogen-bond acceptors (Lipinski definition) is 2. The van der Waals surface area contributed by atoms with E-state index >= 15 is 0 Å². The lowest BCUT2D eigenvalue weighted by atomic mass is 10.1. The van der Waals surface area contributed by atoms with Gasteiger partial charge in [0.2, 0.25) is 0 Å². The van der Waals surface area contributed by atoms with E-state index in [4.69, 9.17) is 0 Å². The van der Waals surface area contributed by atoms with E-state index in [1.54, 1.807) is 0 Å². The Bertz CT molecular complexity index is 815. The summed E-state index contributed by atoms with van der Waals surface area (Å²) in [5.74, 6) is -0.192. The van der Waals surface area contributed by atoms with Crippen molar-refractivity contribution in [2.75, 3.05) is 10.6 Å². The van der Waals surface area contributed by atoms with Crippen molar-refractivity contribution >= 4 is 23.3 Å². The van der Waals surface area contributed by atoms with Gasteiger partial charge in [0.1, 0.15) is 0 Å². The molecule has 1 aliphatic carbocycles. The molecule has 0 unspecified atom stereocenters. The van der Waals surface area contributed by atoms with Gasteiger partial charge in [-0.15, -0.1) is 0 Å². The zero-order chi connectivity index (χ0) is 18.7. The molecule has 8 heteroatoms. The molecular weight excluding hydrogens is 347 g/mol. The van der Waals surface area contributed by atoms with Gasteiger partial charge in [-0.05, 0) is 49.2 Å². The first kappa shape index (κ1) is 17.8. The van der Waals surface area contributed by atoms with E-state index in [1.165, 1.54) is 42.5 Å². The van der Waals surface area contributed by atoms with E-state index < -0.39 is 17.8 Å². The van der Waals surface area contributed by atoms with Gasteiger partial charge in [0.25, 0.3) is 5.91 Å². The maximum atomic E-state index is 12.9. The summed E-state index contributed by atoms with van der Waals surface area (Å²) in [6.45, 7) is 0. The largest absolute Gasteiger partial charge is 0.418 e. The van der Waals surface area contributed by atoms with Crippen LogP contribution < -0.4 is 16.0 Å². The van der Waals surface area contributed by atoms with E-state index in [0.717, 1.165) is 18.9 Å². The van der Waals surface area contributed by atoms with E-state index in [0.29, 0.717) is 11.3 Å². The first-order valence-corrected chi connectivity index (χ1v) is 7.98. The van der Waals surface area contributed by atoms with Crippen LogP contribution in [0.1, 0.15) is 28.8 Å². The Balaban J connectivity index is 1.62. The number of para-hydroxylation sites is 1. The third kappa shape index (κ3) is 4.53. The number of hydrogen-bond donors (Lipinski definition) is 3. The molecular formula is C18H16F3N3O2. The minimum Gasteiger partial charge on any atom is -0.349 e. The SMILES string of the molecule is O=C(Nc1ccc(C(=O)NC2CC2)cc1)Nc1ccccc1C(F)(F)F. The van der Waals surface area contributed by atoms with Crippen molar-refractivity contribution in [2.24, 2.45) is 0 Å². The van der Waals surface area contributed by atoms with Crippen LogP contribution in [0, 0.1) is 0 Å². The quantitative estimate of drug-likeness (QED) is 0.760. The number of benzene rings is 2. The second kappa shape index (κ2) is 7.07. The van der Waals surface area contributed by atoms with Crippen LogP contribution in [0.3, 0.4) is 0 Å². The van der Waals surface area contributed by atoms with Crippen LogP contribution in [-0.2, 0) is 6.18 Å². The predicted octanol–water partition coefficient (Wildman–Crippen LogP) is 4.24. The first-order valence-electron chi connectivity index (χ1n) is 7.98. The highest BCUT2D eigenvalue weighted by molar-refractivity contribution is 6.01. The van der Waals surface area contributed by atoms with Gasteiger partial charge in [-0.25, -0.2) is 4.79 Å². The van der Waals surface area contributed by atoms with Gasteiger partial charge in [-0.3, -0.25) is 4.79 Å². The Hall–Kier alpha value is -3.03. The van der Waals surface area contributed by atoms with Crippen molar-refractivity contribution in [1.82, 2.24) is 5.32 Å². The van der Waals surface area contributed by atoms with Gasteiger partial charge >= 0.3 is 12.2 Å². The molecule has 0 saturated heterocycles. The molecule has 136 valence electrons. The molecule has 26 heavy (non-hydrogen) atoms. The van der Waals surface area contributed by atoms with Crippen molar-refractivity contribution in [3.05, 3.63) is 59.7 Å². The lowest BCUT2D eigenvalue weighted by Crippen LogP contribution is -2.25. The Labute approximate surface area is 147 Å². The summed E-state index contributed by atoms with van der Waals surface area (Å²) in [5, 5.41) is 7.47. The fraction of sp³-hybridized carbons (Fsp3) is 0.222. The molecule has 1 aliphatic rings. The molecule has 5 nitrogen and oxygen atoms in total. The first-order chi connectivity index (χ1) is 12.3. The Morgan fingerprint density at radius 3 is 2.19 bits per heavy atom. The van der Waals surface area contributed by atoms with Gasteiger partial charge in [-0.2, -0.15) is 13.2 Å². The Morgan fingerprint density at radius 1 is 0.923 bits per heavy atom. The fourth-order valence-electron chi connectivity index (χ4n) is 2.33. The van der Waals surface area contributed by atoms with Crippen molar-refractivity contribution < 1.29 is 22.8 Å². The van der Waals surface area contributed by atoms with Gasteiger partial charge in [0, 0.05) is 17.3 Å². The van der Waals surface area contributed by atoms with Crippen LogP contribution in [0.5, 0.6) is 0 Å². The second-order valence-electron chi connectivity index (χ2n) is 5.95. The predicted molar refractivity (Wildman–Crippen MR) is 91.0 cm³/mol. The number of carbonyl (C=O) groups excluding carboxylic acids is 2. The molecule has 2 aromatic carbocycles. The topological polar surface area (TPSA) is 70.2 Å². The zero-order valence-electron chi connectivity index (χ0n) is 13.6. The monoisotopic (exact) mass is 363 g/mol. The molecule has 3 rings (SSSR count). The van der Waals surface area contributed by atoms with Crippen molar-refractivity contribution in [3.63, 3.8) is 0 Å². The van der Waals surface area contributed by atoms with Gasteiger partial charge in [0.15, 0.2) is 0 Å². The molecule has 0 aromatic heterocycles. The van der Waals surface area contributed by atoms with Gasteiger partial charge < -0.3 is 16.0 Å². The normalized spacial score (nSPS) is 13.8. The van der Waals surface area contributed by atoms with Crippen LogP contribution in [0.4, 0.5) is 29.3 Å². The van der Waals surface area contributed by atoms with Crippen LogP contribution in [0.25, 0.3) is 0 Å². The number of alkyl halides is 3. The average molecular weight is 363 g/mol.